The highest BCUT2D eigenvalue weighted by Gasteiger charge is 2.46. The molecule has 0 unspecified atom stereocenters. The van der Waals surface area contributed by atoms with Crippen LogP contribution in [0.5, 0.6) is 0 Å². The minimum Gasteiger partial charge on any atom is -0.456 e. The van der Waals surface area contributed by atoms with Crippen molar-refractivity contribution in [3.05, 3.63) is 119 Å². The fourth-order valence-electron chi connectivity index (χ4n) is 10.3. The summed E-state index contributed by atoms with van der Waals surface area (Å²) in [6.07, 6.45) is 0. The zero-order valence-corrected chi connectivity index (χ0v) is 34.0. The highest BCUT2D eigenvalue weighted by Crippen LogP contribution is 2.47. The zero-order chi connectivity index (χ0) is 38.3. The van der Waals surface area contributed by atoms with E-state index in [0.717, 1.165) is 38.5 Å². The fraction of sp³-hybridized carbons (Fsp3) is 0.294. The van der Waals surface area contributed by atoms with Crippen LogP contribution >= 0.6 is 0 Å². The number of furan rings is 2. The number of hydrogen-bond donors (Lipinski definition) is 0. The molecule has 3 nitrogen and oxygen atoms in total. The topological polar surface area (TPSA) is 31.2 Å². The third-order valence-electron chi connectivity index (χ3n) is 13.3. The molecule has 0 atom stereocenters. The minimum absolute atomic E-state index is 0.0190. The monoisotopic (exact) mass is 717 g/mol. The van der Waals surface area contributed by atoms with Crippen LogP contribution in [0, 0.1) is 0 Å². The number of rotatable bonds is 0. The number of fused-ring (bicyclic) bond motifs is 15. The van der Waals surface area contributed by atoms with Crippen LogP contribution < -0.4 is 16.4 Å². The van der Waals surface area contributed by atoms with Gasteiger partial charge in [-0.3, -0.25) is 0 Å². The molecule has 0 radical (unpaired) electrons. The predicted octanol–water partition coefficient (Wildman–Crippen LogP) is 11.9. The molecule has 2 aliphatic rings. The highest BCUT2D eigenvalue weighted by atomic mass is 16.3. The van der Waals surface area contributed by atoms with Crippen molar-refractivity contribution in [3.63, 3.8) is 0 Å². The second-order valence-electron chi connectivity index (χ2n) is 20.2. The second kappa shape index (κ2) is 10.1. The van der Waals surface area contributed by atoms with Gasteiger partial charge < -0.3 is 13.4 Å². The lowest BCUT2D eigenvalue weighted by Crippen LogP contribution is -2.63. The first-order valence-corrected chi connectivity index (χ1v) is 20.0. The lowest BCUT2D eigenvalue weighted by atomic mass is 9.30. The summed E-state index contributed by atoms with van der Waals surface area (Å²) in [6.45, 7) is 25.8. The highest BCUT2D eigenvalue weighted by molar-refractivity contribution is 6.99. The van der Waals surface area contributed by atoms with E-state index in [1.807, 2.05) is 0 Å². The van der Waals surface area contributed by atoms with Gasteiger partial charge in [0.15, 0.2) is 0 Å². The van der Waals surface area contributed by atoms with Crippen molar-refractivity contribution < 1.29 is 8.83 Å². The molecule has 9 aromatic rings. The van der Waals surface area contributed by atoms with Crippen LogP contribution in [0.1, 0.15) is 104 Å². The molecule has 272 valence electrons. The molecule has 0 aliphatic carbocycles. The lowest BCUT2D eigenvalue weighted by Gasteiger charge is -2.42. The average molecular weight is 718 g/mol. The first-order chi connectivity index (χ1) is 25.9. The Hall–Kier alpha value is -5.22. The maximum atomic E-state index is 7.00. The third kappa shape index (κ3) is 4.24. The first-order valence-electron chi connectivity index (χ1n) is 20.0. The van der Waals surface area contributed by atoms with E-state index >= 15 is 0 Å². The van der Waals surface area contributed by atoms with Crippen molar-refractivity contribution in [3.8, 4) is 5.69 Å². The van der Waals surface area contributed by atoms with Crippen molar-refractivity contribution in [2.45, 2.75) is 97.8 Å². The quantitative estimate of drug-likeness (QED) is 0.146. The Labute approximate surface area is 323 Å². The molecule has 0 N–H and O–H groups in total. The van der Waals surface area contributed by atoms with Crippen LogP contribution in [0.4, 0.5) is 0 Å². The molecule has 4 heteroatoms. The summed E-state index contributed by atoms with van der Waals surface area (Å²) < 4.78 is 16.1. The van der Waals surface area contributed by atoms with Gasteiger partial charge in [-0.25, -0.2) is 0 Å². The van der Waals surface area contributed by atoms with Crippen LogP contribution in [0.2, 0.25) is 0 Å². The van der Waals surface area contributed by atoms with E-state index in [4.69, 9.17) is 8.83 Å². The minimum atomic E-state index is -0.291. The third-order valence-corrected chi connectivity index (χ3v) is 13.3. The van der Waals surface area contributed by atoms with E-state index in [2.05, 4.69) is 172 Å². The Morgan fingerprint density at radius 2 is 1.18 bits per heavy atom. The molecule has 0 fully saturated rings. The van der Waals surface area contributed by atoms with Gasteiger partial charge in [0.05, 0.1) is 10.9 Å². The Bertz CT molecular complexity index is 3180. The van der Waals surface area contributed by atoms with Crippen LogP contribution in [-0.2, 0) is 21.7 Å². The number of hydrogen-bond acceptors (Lipinski definition) is 2. The summed E-state index contributed by atoms with van der Waals surface area (Å²) in [6, 6.07) is 34.9. The molecule has 5 heterocycles. The van der Waals surface area contributed by atoms with Crippen molar-refractivity contribution >= 4 is 88.8 Å². The van der Waals surface area contributed by atoms with Gasteiger partial charge in [0.2, 0.25) is 6.71 Å². The van der Waals surface area contributed by atoms with Crippen molar-refractivity contribution in [1.82, 2.24) is 4.57 Å². The number of nitrogens with zero attached hydrogens (tertiary/aromatic N) is 1. The van der Waals surface area contributed by atoms with E-state index < -0.39 is 0 Å². The van der Waals surface area contributed by atoms with Gasteiger partial charge in [-0.15, -0.1) is 0 Å². The summed E-state index contributed by atoms with van der Waals surface area (Å²) in [7, 11) is 0. The molecular weight excluding hydrogens is 669 g/mol. The molecule has 0 amide bonds. The van der Waals surface area contributed by atoms with Crippen molar-refractivity contribution in [2.75, 3.05) is 0 Å². The van der Waals surface area contributed by atoms with E-state index in [0.29, 0.717) is 0 Å². The van der Waals surface area contributed by atoms with Crippen LogP contribution in [0.25, 0.3) is 71.4 Å². The average Bonchev–Trinajstić information content (AvgIpc) is 3.79. The summed E-state index contributed by atoms with van der Waals surface area (Å²) in [4.78, 5) is 0. The predicted molar refractivity (Wildman–Crippen MR) is 235 cm³/mol. The second-order valence-corrected chi connectivity index (χ2v) is 20.2. The Balaban J connectivity index is 1.27. The summed E-state index contributed by atoms with van der Waals surface area (Å²) in [5, 5.41) is 7.25. The van der Waals surface area contributed by atoms with E-state index in [9.17, 15) is 0 Å². The van der Waals surface area contributed by atoms with Gasteiger partial charge in [-0.05, 0) is 110 Å². The van der Waals surface area contributed by atoms with Gasteiger partial charge in [0.25, 0.3) is 0 Å². The largest absolute Gasteiger partial charge is 0.456 e. The smallest absolute Gasteiger partial charge is 0.247 e. The van der Waals surface area contributed by atoms with Crippen molar-refractivity contribution in [2.24, 2.45) is 0 Å². The summed E-state index contributed by atoms with van der Waals surface area (Å²) >= 11 is 0. The Kier molecular flexibility index (Phi) is 6.11. The molecule has 6 aromatic carbocycles. The van der Waals surface area contributed by atoms with Gasteiger partial charge in [-0.2, -0.15) is 0 Å². The summed E-state index contributed by atoms with van der Waals surface area (Å²) in [5.41, 5.74) is 18.3. The van der Waals surface area contributed by atoms with Gasteiger partial charge >= 0.3 is 0 Å². The van der Waals surface area contributed by atoms with E-state index in [1.165, 1.54) is 77.1 Å². The normalized spacial score (nSPS) is 15.3. The van der Waals surface area contributed by atoms with Gasteiger partial charge in [-0.1, -0.05) is 118 Å². The molecule has 0 saturated carbocycles. The molecule has 55 heavy (non-hydrogen) atoms. The Morgan fingerprint density at radius 1 is 0.545 bits per heavy atom. The number of aromatic nitrogens is 1. The molecule has 0 spiro atoms. The first kappa shape index (κ1) is 33.2. The molecule has 2 aliphatic heterocycles. The molecule has 3 aromatic heterocycles. The van der Waals surface area contributed by atoms with Crippen LogP contribution in [0.15, 0.2) is 99.8 Å². The summed E-state index contributed by atoms with van der Waals surface area (Å²) in [5.74, 6) is 0. The van der Waals surface area contributed by atoms with Crippen LogP contribution in [-0.4, -0.2) is 11.3 Å². The maximum Gasteiger partial charge on any atom is 0.247 e. The molecule has 0 bridgehead atoms. The molecule has 0 saturated heterocycles. The lowest BCUT2D eigenvalue weighted by molar-refractivity contribution is 0.590. The van der Waals surface area contributed by atoms with Gasteiger partial charge in [0, 0.05) is 43.6 Å². The zero-order valence-electron chi connectivity index (χ0n) is 34.0. The van der Waals surface area contributed by atoms with E-state index in [-0.39, 0.29) is 28.4 Å². The van der Waals surface area contributed by atoms with Crippen LogP contribution in [0.3, 0.4) is 0 Å². The molecule has 11 rings (SSSR count). The SMILES string of the molecule is CC(C)(C)c1ccc2oc3ccc4c(oc5ccc6c(c54)C(C)(C)c4cccc5c4B6c4cc(C(C)(C)C)cc6c7cc(C(C)(C)C)ccc7n-5c46)c3c2c1. The fourth-order valence-corrected chi connectivity index (χ4v) is 10.3. The standard InChI is InChI=1S/C51H48BNO2/c1-48(2,3)27-15-19-37-31(23-27)32-25-29(50(7,8)9)26-36-46(32)53(37)38-14-12-13-34-45(38)52(36)35-18-22-40-42(44(35)51(34,10)11)30-17-21-41-43(47(30)55-40)33-24-28(49(4,5)6)16-20-39(33)54-41/h12-26H,1-11H3. The van der Waals surface area contributed by atoms with Gasteiger partial charge in [0.1, 0.15) is 22.3 Å². The molecular formula is C51H48BNO2. The Morgan fingerprint density at radius 3 is 1.91 bits per heavy atom. The number of benzene rings is 6. The van der Waals surface area contributed by atoms with E-state index in [1.54, 1.807) is 0 Å². The maximum absolute atomic E-state index is 7.00. The van der Waals surface area contributed by atoms with Crippen molar-refractivity contribution in [1.29, 1.82) is 0 Å².